The van der Waals surface area contributed by atoms with Crippen LogP contribution in [0.4, 0.5) is 11.4 Å². The number of hydrogen-bond acceptors (Lipinski definition) is 3. The standard InChI is InChI=1S/C25H29N3/c1-18-25-24(20(17-26-25)11-10-19-8-4-2-5-9-19)22-16-21(12-13-23(22)27-18)28-14-6-3-7-15-28/h2,4-5,8-9,12-13,16,20,26H,3,6-7,10-11,14-15,17H2,1H3. The van der Waals surface area contributed by atoms with Crippen LogP contribution < -0.4 is 10.2 Å². The minimum absolute atomic E-state index is 0.552. The predicted octanol–water partition coefficient (Wildman–Crippen LogP) is 5.68. The van der Waals surface area contributed by atoms with Crippen LogP contribution in [0.2, 0.25) is 0 Å². The Kier molecular flexibility index (Phi) is 4.67. The topological polar surface area (TPSA) is 28.2 Å². The molecule has 0 saturated carbocycles. The van der Waals surface area contributed by atoms with Crippen molar-refractivity contribution in [3.63, 3.8) is 0 Å². The first-order chi connectivity index (χ1) is 13.8. The zero-order valence-corrected chi connectivity index (χ0v) is 16.7. The van der Waals surface area contributed by atoms with Gasteiger partial charge in [-0.05, 0) is 68.4 Å². The third-order valence-electron chi connectivity index (χ3n) is 6.47. The van der Waals surface area contributed by atoms with Gasteiger partial charge in [0.1, 0.15) is 0 Å². The normalized spacial score (nSPS) is 18.9. The van der Waals surface area contributed by atoms with Crippen molar-refractivity contribution in [2.24, 2.45) is 0 Å². The Labute approximate surface area is 167 Å². The molecule has 0 aliphatic carbocycles. The second kappa shape index (κ2) is 7.46. The Morgan fingerprint density at radius 2 is 1.86 bits per heavy atom. The van der Waals surface area contributed by atoms with Gasteiger partial charge in [0.05, 0.1) is 16.9 Å². The van der Waals surface area contributed by atoms with Gasteiger partial charge in [0.2, 0.25) is 0 Å². The Balaban J connectivity index is 1.50. The Bertz CT molecular complexity index is 974. The number of fused-ring (bicyclic) bond motifs is 3. The van der Waals surface area contributed by atoms with E-state index in [2.05, 4.69) is 65.7 Å². The van der Waals surface area contributed by atoms with Crippen molar-refractivity contribution in [2.45, 2.75) is 44.9 Å². The van der Waals surface area contributed by atoms with Gasteiger partial charge >= 0.3 is 0 Å². The summed E-state index contributed by atoms with van der Waals surface area (Å²) in [5.74, 6) is 0.552. The van der Waals surface area contributed by atoms with Crippen LogP contribution in [0.25, 0.3) is 10.9 Å². The molecule has 1 atom stereocenters. The molecule has 2 aliphatic heterocycles. The number of piperidine rings is 1. The average molecular weight is 372 g/mol. The molecule has 1 saturated heterocycles. The maximum atomic E-state index is 4.91. The van der Waals surface area contributed by atoms with Crippen molar-refractivity contribution < 1.29 is 0 Å². The van der Waals surface area contributed by atoms with E-state index in [1.807, 2.05) is 0 Å². The molecule has 3 nitrogen and oxygen atoms in total. The molecule has 0 bridgehead atoms. The molecule has 3 aromatic rings. The summed E-state index contributed by atoms with van der Waals surface area (Å²) in [6.45, 7) is 5.53. The molecule has 1 aromatic heterocycles. The molecule has 2 aliphatic rings. The van der Waals surface area contributed by atoms with Crippen molar-refractivity contribution in [1.29, 1.82) is 0 Å². The molecule has 0 radical (unpaired) electrons. The minimum Gasteiger partial charge on any atom is -0.383 e. The van der Waals surface area contributed by atoms with Gasteiger partial charge in [0.15, 0.2) is 0 Å². The number of nitrogens with one attached hydrogen (secondary N) is 1. The molecular weight excluding hydrogens is 342 g/mol. The first-order valence-electron chi connectivity index (χ1n) is 10.8. The molecule has 3 heterocycles. The fraction of sp³-hybridized carbons (Fsp3) is 0.400. The third kappa shape index (κ3) is 3.23. The summed E-state index contributed by atoms with van der Waals surface area (Å²) in [4.78, 5) is 7.46. The lowest BCUT2D eigenvalue weighted by molar-refractivity contribution is 0.578. The third-order valence-corrected chi connectivity index (χ3v) is 6.47. The lowest BCUT2D eigenvalue weighted by Gasteiger charge is -2.29. The minimum atomic E-state index is 0.552. The summed E-state index contributed by atoms with van der Waals surface area (Å²) in [6.07, 6.45) is 6.29. The monoisotopic (exact) mass is 371 g/mol. The highest BCUT2D eigenvalue weighted by Gasteiger charge is 2.27. The highest BCUT2D eigenvalue weighted by molar-refractivity contribution is 5.92. The number of benzene rings is 2. The van der Waals surface area contributed by atoms with E-state index >= 15 is 0 Å². The largest absolute Gasteiger partial charge is 0.383 e. The number of rotatable bonds is 4. The number of hydrogen-bond donors (Lipinski definition) is 1. The number of pyridine rings is 1. The van der Waals surface area contributed by atoms with E-state index in [4.69, 9.17) is 4.98 Å². The van der Waals surface area contributed by atoms with E-state index in [1.165, 1.54) is 66.7 Å². The van der Waals surface area contributed by atoms with E-state index in [0.717, 1.165) is 24.2 Å². The summed E-state index contributed by atoms with van der Waals surface area (Å²) < 4.78 is 0. The molecule has 1 unspecified atom stereocenters. The summed E-state index contributed by atoms with van der Waals surface area (Å²) >= 11 is 0. The second-order valence-corrected chi connectivity index (χ2v) is 8.34. The van der Waals surface area contributed by atoms with Crippen molar-refractivity contribution in [3.8, 4) is 0 Å². The van der Waals surface area contributed by atoms with Gasteiger partial charge in [-0.1, -0.05) is 30.3 Å². The maximum Gasteiger partial charge on any atom is 0.0711 e. The SMILES string of the molecule is Cc1nc2ccc(N3CCCCC3)cc2c2c1NCC2CCc1ccccc1. The van der Waals surface area contributed by atoms with E-state index < -0.39 is 0 Å². The Morgan fingerprint density at radius 3 is 2.68 bits per heavy atom. The first-order valence-corrected chi connectivity index (χ1v) is 10.8. The van der Waals surface area contributed by atoms with E-state index in [1.54, 1.807) is 0 Å². The van der Waals surface area contributed by atoms with Gasteiger partial charge in [0.25, 0.3) is 0 Å². The quantitative estimate of drug-likeness (QED) is 0.640. The van der Waals surface area contributed by atoms with Gasteiger partial charge in [0, 0.05) is 36.6 Å². The second-order valence-electron chi connectivity index (χ2n) is 8.34. The highest BCUT2D eigenvalue weighted by Crippen LogP contribution is 2.41. The van der Waals surface area contributed by atoms with Crippen LogP contribution in [0.15, 0.2) is 48.5 Å². The molecular formula is C25H29N3. The maximum absolute atomic E-state index is 4.91. The Hall–Kier alpha value is -2.55. The van der Waals surface area contributed by atoms with Crippen LogP contribution in [0.1, 0.15) is 48.4 Å². The summed E-state index contributed by atoms with van der Waals surface area (Å²) in [5.41, 5.74) is 7.85. The first kappa shape index (κ1) is 17.5. The highest BCUT2D eigenvalue weighted by atomic mass is 15.1. The molecule has 28 heavy (non-hydrogen) atoms. The molecule has 1 fully saturated rings. The molecule has 0 amide bonds. The van der Waals surface area contributed by atoms with Crippen molar-refractivity contribution >= 4 is 22.3 Å². The lowest BCUT2D eigenvalue weighted by Crippen LogP contribution is -2.29. The average Bonchev–Trinajstić information content (AvgIpc) is 3.19. The summed E-state index contributed by atoms with van der Waals surface area (Å²) in [5, 5.41) is 5.02. The number of nitrogens with zero attached hydrogens (tertiary/aromatic N) is 2. The number of aromatic nitrogens is 1. The van der Waals surface area contributed by atoms with Crippen molar-refractivity contribution in [1.82, 2.24) is 4.98 Å². The molecule has 5 rings (SSSR count). The van der Waals surface area contributed by atoms with Crippen LogP contribution >= 0.6 is 0 Å². The van der Waals surface area contributed by atoms with E-state index in [9.17, 15) is 0 Å². The fourth-order valence-electron chi connectivity index (χ4n) is 4.96. The van der Waals surface area contributed by atoms with Crippen LogP contribution in [0.5, 0.6) is 0 Å². The van der Waals surface area contributed by atoms with E-state index in [0.29, 0.717) is 5.92 Å². The number of anilines is 2. The predicted molar refractivity (Wildman–Crippen MR) is 119 cm³/mol. The van der Waals surface area contributed by atoms with Crippen molar-refractivity contribution in [3.05, 3.63) is 65.4 Å². The van der Waals surface area contributed by atoms with E-state index in [-0.39, 0.29) is 0 Å². The zero-order chi connectivity index (χ0) is 18.9. The van der Waals surface area contributed by atoms with Gasteiger partial charge in [-0.15, -0.1) is 0 Å². The summed E-state index contributed by atoms with van der Waals surface area (Å²) in [7, 11) is 0. The Morgan fingerprint density at radius 1 is 1.04 bits per heavy atom. The van der Waals surface area contributed by atoms with Gasteiger partial charge in [-0.25, -0.2) is 0 Å². The van der Waals surface area contributed by atoms with Gasteiger partial charge in [-0.2, -0.15) is 0 Å². The van der Waals surface area contributed by atoms with Crippen LogP contribution in [-0.2, 0) is 6.42 Å². The van der Waals surface area contributed by atoms with Gasteiger partial charge in [-0.3, -0.25) is 4.98 Å². The molecule has 144 valence electrons. The van der Waals surface area contributed by atoms with Gasteiger partial charge < -0.3 is 10.2 Å². The summed E-state index contributed by atoms with van der Waals surface area (Å²) in [6, 6.07) is 17.8. The van der Waals surface area contributed by atoms with Crippen LogP contribution in [0.3, 0.4) is 0 Å². The smallest absolute Gasteiger partial charge is 0.0711 e. The van der Waals surface area contributed by atoms with Crippen LogP contribution in [0, 0.1) is 6.92 Å². The number of aryl methyl sites for hydroxylation is 2. The van der Waals surface area contributed by atoms with Crippen LogP contribution in [-0.4, -0.2) is 24.6 Å². The van der Waals surface area contributed by atoms with Crippen molar-refractivity contribution in [2.75, 3.05) is 29.9 Å². The molecule has 3 heteroatoms. The molecule has 0 spiro atoms. The fourth-order valence-corrected chi connectivity index (χ4v) is 4.96. The zero-order valence-electron chi connectivity index (χ0n) is 16.7. The molecule has 1 N–H and O–H groups in total. The molecule has 2 aromatic carbocycles. The lowest BCUT2D eigenvalue weighted by atomic mass is 9.91.